The van der Waals surface area contributed by atoms with E-state index >= 15 is 0 Å². The lowest BCUT2D eigenvalue weighted by molar-refractivity contribution is 0.110. The van der Waals surface area contributed by atoms with E-state index in [1.54, 1.807) is 0 Å². The highest BCUT2D eigenvalue weighted by Gasteiger charge is 2.15. The van der Waals surface area contributed by atoms with E-state index in [1.165, 1.54) is 0 Å². The van der Waals surface area contributed by atoms with Crippen molar-refractivity contribution in [2.24, 2.45) is 0 Å². The number of hydrogen-bond donors (Lipinski definition) is 1. The second-order valence-electron chi connectivity index (χ2n) is 5.94. The van der Waals surface area contributed by atoms with Crippen LogP contribution in [-0.4, -0.2) is 19.3 Å². The number of ether oxygens (including phenoxy) is 2. The summed E-state index contributed by atoms with van der Waals surface area (Å²) < 4.78 is 12.7. The summed E-state index contributed by atoms with van der Waals surface area (Å²) in [4.78, 5) is 0. The van der Waals surface area contributed by atoms with Gasteiger partial charge in [0, 0.05) is 34.8 Å². The van der Waals surface area contributed by atoms with Crippen LogP contribution in [0.2, 0.25) is 5.02 Å². The van der Waals surface area contributed by atoms with E-state index in [0.717, 1.165) is 58.9 Å². The highest BCUT2D eigenvalue weighted by atomic mass is 79.9. The van der Waals surface area contributed by atoms with Gasteiger partial charge in [0.05, 0.1) is 6.10 Å². The number of rotatable bonds is 7. The fourth-order valence-corrected chi connectivity index (χ4v) is 3.41. The average molecular weight is 411 g/mol. The minimum Gasteiger partial charge on any atom is -0.489 e. The van der Waals surface area contributed by atoms with Crippen molar-refractivity contribution in [1.82, 2.24) is 5.32 Å². The van der Waals surface area contributed by atoms with Crippen LogP contribution in [-0.2, 0) is 17.9 Å². The smallest absolute Gasteiger partial charge is 0.124 e. The molecule has 128 valence electrons. The molecule has 0 radical (unpaired) electrons. The lowest BCUT2D eigenvalue weighted by Gasteiger charge is -2.15. The topological polar surface area (TPSA) is 30.5 Å². The van der Waals surface area contributed by atoms with E-state index in [4.69, 9.17) is 21.1 Å². The molecule has 2 aromatic rings. The van der Waals surface area contributed by atoms with Gasteiger partial charge in [-0.15, -0.1) is 0 Å². The van der Waals surface area contributed by atoms with Crippen molar-refractivity contribution in [3.8, 4) is 5.75 Å². The largest absolute Gasteiger partial charge is 0.489 e. The maximum Gasteiger partial charge on any atom is 0.124 e. The van der Waals surface area contributed by atoms with Crippen molar-refractivity contribution in [3.05, 3.63) is 63.1 Å². The second kappa shape index (κ2) is 8.86. The van der Waals surface area contributed by atoms with Crippen LogP contribution in [0.3, 0.4) is 0 Å². The molecule has 1 fully saturated rings. The molecule has 1 aliphatic rings. The number of halogens is 2. The maximum atomic E-state index is 6.03. The zero-order chi connectivity index (χ0) is 16.8. The van der Waals surface area contributed by atoms with Gasteiger partial charge in [0.15, 0.2) is 0 Å². The Hall–Kier alpha value is -1.07. The minimum absolute atomic E-state index is 0.341. The van der Waals surface area contributed by atoms with Crippen molar-refractivity contribution >= 4 is 27.5 Å². The molecule has 3 nitrogen and oxygen atoms in total. The van der Waals surface area contributed by atoms with E-state index in [9.17, 15) is 0 Å². The first kappa shape index (κ1) is 17.7. The zero-order valence-electron chi connectivity index (χ0n) is 13.4. The molecule has 2 aromatic carbocycles. The molecule has 5 heteroatoms. The van der Waals surface area contributed by atoms with E-state index in [2.05, 4.69) is 27.3 Å². The van der Waals surface area contributed by atoms with Crippen LogP contribution in [0.15, 0.2) is 46.9 Å². The van der Waals surface area contributed by atoms with Crippen LogP contribution < -0.4 is 10.1 Å². The van der Waals surface area contributed by atoms with Gasteiger partial charge in [0.1, 0.15) is 12.4 Å². The normalized spacial score (nSPS) is 17.2. The van der Waals surface area contributed by atoms with E-state index in [1.807, 2.05) is 36.4 Å². The van der Waals surface area contributed by atoms with E-state index < -0.39 is 0 Å². The molecule has 0 aromatic heterocycles. The summed E-state index contributed by atoms with van der Waals surface area (Å²) in [7, 11) is 0. The Labute approximate surface area is 156 Å². The van der Waals surface area contributed by atoms with Crippen LogP contribution in [0.5, 0.6) is 5.75 Å². The van der Waals surface area contributed by atoms with E-state index in [-0.39, 0.29) is 0 Å². The van der Waals surface area contributed by atoms with Crippen molar-refractivity contribution in [2.75, 3.05) is 13.2 Å². The predicted molar refractivity (Wildman–Crippen MR) is 101 cm³/mol. The number of hydrogen-bond acceptors (Lipinski definition) is 3. The average Bonchev–Trinajstić information content (AvgIpc) is 3.07. The van der Waals surface area contributed by atoms with Gasteiger partial charge in [-0.2, -0.15) is 0 Å². The standard InChI is InChI=1S/C19H21BrClNO2/c20-16-6-7-19(24-13-14-3-1-4-17(21)9-14)15(10-16)11-22-12-18-5-2-8-23-18/h1,3-4,6-7,9-10,18,22H,2,5,8,11-13H2/t18-/m0/s1. The van der Waals surface area contributed by atoms with Gasteiger partial charge < -0.3 is 14.8 Å². The van der Waals surface area contributed by atoms with Crippen molar-refractivity contribution in [3.63, 3.8) is 0 Å². The first-order chi connectivity index (χ1) is 11.7. The summed E-state index contributed by atoms with van der Waals surface area (Å²) in [6, 6.07) is 13.8. The quantitative estimate of drug-likeness (QED) is 0.700. The van der Waals surface area contributed by atoms with Gasteiger partial charge in [0.2, 0.25) is 0 Å². The molecule has 1 atom stereocenters. The number of nitrogens with one attached hydrogen (secondary N) is 1. The third-order valence-electron chi connectivity index (χ3n) is 4.02. The van der Waals surface area contributed by atoms with Crippen LogP contribution in [0.1, 0.15) is 24.0 Å². The summed E-state index contributed by atoms with van der Waals surface area (Å²) in [6.45, 7) is 3.02. The minimum atomic E-state index is 0.341. The van der Waals surface area contributed by atoms with Crippen molar-refractivity contribution < 1.29 is 9.47 Å². The summed E-state index contributed by atoms with van der Waals surface area (Å²) in [6.07, 6.45) is 2.65. The molecule has 0 unspecified atom stereocenters. The van der Waals surface area contributed by atoms with Gasteiger partial charge in [-0.05, 0) is 48.7 Å². The third-order valence-corrected chi connectivity index (χ3v) is 4.75. The van der Waals surface area contributed by atoms with Crippen LogP contribution in [0.25, 0.3) is 0 Å². The molecule has 0 spiro atoms. The Bertz CT molecular complexity index is 674. The maximum absolute atomic E-state index is 6.03. The molecular weight excluding hydrogens is 390 g/mol. The molecule has 24 heavy (non-hydrogen) atoms. The molecule has 1 aliphatic heterocycles. The van der Waals surface area contributed by atoms with Gasteiger partial charge in [0.25, 0.3) is 0 Å². The highest BCUT2D eigenvalue weighted by molar-refractivity contribution is 9.10. The zero-order valence-corrected chi connectivity index (χ0v) is 15.8. The SMILES string of the molecule is Clc1cccc(COc2ccc(Br)cc2CNC[C@@H]2CCCO2)c1. The molecule has 0 amide bonds. The summed E-state index contributed by atoms with van der Waals surface area (Å²) in [5.41, 5.74) is 2.19. The first-order valence-corrected chi connectivity index (χ1v) is 9.36. The lowest BCUT2D eigenvalue weighted by atomic mass is 10.2. The molecule has 3 rings (SSSR count). The third kappa shape index (κ3) is 5.21. The Morgan fingerprint density at radius 3 is 2.96 bits per heavy atom. The second-order valence-corrected chi connectivity index (χ2v) is 7.29. The van der Waals surface area contributed by atoms with E-state index in [0.29, 0.717) is 12.7 Å². The molecule has 0 bridgehead atoms. The van der Waals surface area contributed by atoms with Crippen molar-refractivity contribution in [2.45, 2.75) is 32.1 Å². The lowest BCUT2D eigenvalue weighted by Crippen LogP contribution is -2.26. The molecular formula is C19H21BrClNO2. The first-order valence-electron chi connectivity index (χ1n) is 8.19. The van der Waals surface area contributed by atoms with Gasteiger partial charge in [-0.1, -0.05) is 39.7 Å². The Kier molecular flexibility index (Phi) is 6.55. The molecule has 0 saturated carbocycles. The van der Waals surface area contributed by atoms with Crippen LogP contribution in [0, 0.1) is 0 Å². The van der Waals surface area contributed by atoms with Gasteiger partial charge >= 0.3 is 0 Å². The Balaban J connectivity index is 1.59. The number of benzene rings is 2. The monoisotopic (exact) mass is 409 g/mol. The van der Waals surface area contributed by atoms with Crippen molar-refractivity contribution in [1.29, 1.82) is 0 Å². The van der Waals surface area contributed by atoms with Crippen LogP contribution >= 0.6 is 27.5 Å². The summed E-state index contributed by atoms with van der Waals surface area (Å²) in [5.74, 6) is 0.887. The summed E-state index contributed by atoms with van der Waals surface area (Å²) >= 11 is 9.56. The molecule has 1 saturated heterocycles. The Morgan fingerprint density at radius 1 is 1.25 bits per heavy atom. The predicted octanol–water partition coefficient (Wildman–Crippen LogP) is 4.95. The fraction of sp³-hybridized carbons (Fsp3) is 0.368. The molecule has 1 N–H and O–H groups in total. The fourth-order valence-electron chi connectivity index (χ4n) is 2.79. The molecule has 1 heterocycles. The summed E-state index contributed by atoms with van der Waals surface area (Å²) in [5, 5.41) is 4.20. The highest BCUT2D eigenvalue weighted by Crippen LogP contribution is 2.24. The Morgan fingerprint density at radius 2 is 2.17 bits per heavy atom. The van der Waals surface area contributed by atoms with Crippen LogP contribution in [0.4, 0.5) is 0 Å². The van der Waals surface area contributed by atoms with Gasteiger partial charge in [-0.3, -0.25) is 0 Å². The molecule has 0 aliphatic carbocycles. The van der Waals surface area contributed by atoms with Gasteiger partial charge in [-0.25, -0.2) is 0 Å².